The van der Waals surface area contributed by atoms with Gasteiger partial charge in [0.25, 0.3) is 0 Å². The maximum absolute atomic E-state index is 11.5. The van der Waals surface area contributed by atoms with E-state index in [1.807, 2.05) is 0 Å². The van der Waals surface area contributed by atoms with E-state index in [9.17, 15) is 9.59 Å². The van der Waals surface area contributed by atoms with Gasteiger partial charge < -0.3 is 15.4 Å². The van der Waals surface area contributed by atoms with Crippen molar-refractivity contribution in [3.8, 4) is 0 Å². The number of nitrogens with one attached hydrogen (secondary N) is 3. The summed E-state index contributed by atoms with van der Waals surface area (Å²) in [6.45, 7) is 8.22. The van der Waals surface area contributed by atoms with Gasteiger partial charge in [0.2, 0.25) is 5.91 Å². The fraction of sp³-hybridized carbons (Fsp3) is 0.833. The zero-order valence-electron chi connectivity index (χ0n) is 11.5. The highest BCUT2D eigenvalue weighted by Crippen LogP contribution is 1.87. The van der Waals surface area contributed by atoms with Gasteiger partial charge in [0.1, 0.15) is 0 Å². The Morgan fingerprint density at radius 3 is 2.56 bits per heavy atom. The summed E-state index contributed by atoms with van der Waals surface area (Å²) in [5, 5.41) is 7.80. The summed E-state index contributed by atoms with van der Waals surface area (Å²) in [5.74, 6) is -0.324. The molecule has 0 saturated heterocycles. The minimum atomic E-state index is -0.456. The number of urea groups is 1. The summed E-state index contributed by atoms with van der Waals surface area (Å²) in [6.07, 6.45) is 1.86. The molecule has 0 spiro atoms. The van der Waals surface area contributed by atoms with Crippen LogP contribution >= 0.6 is 0 Å². The highest BCUT2D eigenvalue weighted by molar-refractivity contribution is 5.96. The summed E-state index contributed by atoms with van der Waals surface area (Å²) in [4.78, 5) is 22.6. The second-order valence-electron chi connectivity index (χ2n) is 3.99. The van der Waals surface area contributed by atoms with E-state index in [0.29, 0.717) is 19.7 Å². The molecule has 0 aliphatic rings. The zero-order chi connectivity index (χ0) is 13.8. The predicted molar refractivity (Wildman–Crippen MR) is 70.4 cm³/mol. The van der Waals surface area contributed by atoms with Gasteiger partial charge in [-0.05, 0) is 33.2 Å². The van der Waals surface area contributed by atoms with E-state index >= 15 is 0 Å². The van der Waals surface area contributed by atoms with E-state index in [-0.39, 0.29) is 5.91 Å². The lowest BCUT2D eigenvalue weighted by Crippen LogP contribution is -2.48. The highest BCUT2D eigenvalue weighted by Gasteiger charge is 2.14. The Kier molecular flexibility index (Phi) is 10.3. The maximum atomic E-state index is 11.5. The molecule has 0 aromatic carbocycles. The van der Waals surface area contributed by atoms with E-state index in [1.54, 1.807) is 13.8 Å². The van der Waals surface area contributed by atoms with Crippen LogP contribution in [0.4, 0.5) is 4.79 Å². The smallest absolute Gasteiger partial charge is 0.321 e. The average Bonchev–Trinajstić information content (AvgIpc) is 2.33. The molecule has 0 aromatic heterocycles. The van der Waals surface area contributed by atoms with Crippen LogP contribution in [0.15, 0.2) is 0 Å². The van der Waals surface area contributed by atoms with Gasteiger partial charge in [0.15, 0.2) is 0 Å². The molecule has 0 saturated carbocycles. The fourth-order valence-corrected chi connectivity index (χ4v) is 1.26. The first-order valence-corrected chi connectivity index (χ1v) is 6.51. The molecule has 6 heteroatoms. The molecule has 1 atom stereocenters. The zero-order valence-corrected chi connectivity index (χ0v) is 11.5. The number of amides is 3. The minimum absolute atomic E-state index is 0.324. The number of carbonyl (C=O) groups is 2. The van der Waals surface area contributed by atoms with Crippen molar-refractivity contribution in [1.82, 2.24) is 16.0 Å². The van der Waals surface area contributed by atoms with E-state index in [2.05, 4.69) is 22.9 Å². The van der Waals surface area contributed by atoms with Gasteiger partial charge in [0.05, 0.1) is 6.04 Å². The molecule has 0 heterocycles. The summed E-state index contributed by atoms with van der Waals surface area (Å²) >= 11 is 0. The number of imide groups is 1. The van der Waals surface area contributed by atoms with Crippen LogP contribution in [0, 0.1) is 0 Å². The summed E-state index contributed by atoms with van der Waals surface area (Å²) in [7, 11) is 0. The SMILES string of the molecule is CCCOCCCNC(C)C(=O)NC(=O)NCC. The number of rotatable bonds is 9. The fourth-order valence-electron chi connectivity index (χ4n) is 1.26. The molecule has 18 heavy (non-hydrogen) atoms. The van der Waals surface area contributed by atoms with Crippen molar-refractivity contribution in [1.29, 1.82) is 0 Å². The molecule has 0 bridgehead atoms. The lowest BCUT2D eigenvalue weighted by Gasteiger charge is -2.13. The van der Waals surface area contributed by atoms with Gasteiger partial charge >= 0.3 is 6.03 Å². The lowest BCUT2D eigenvalue weighted by molar-refractivity contribution is -0.121. The molecule has 1 unspecified atom stereocenters. The summed E-state index contributed by atoms with van der Waals surface area (Å²) in [6, 6.07) is -0.846. The first-order valence-electron chi connectivity index (χ1n) is 6.51. The third-order valence-electron chi connectivity index (χ3n) is 2.23. The van der Waals surface area contributed by atoms with Crippen LogP contribution in [0.1, 0.15) is 33.6 Å². The second kappa shape index (κ2) is 11.0. The molecular formula is C12H25N3O3. The lowest BCUT2D eigenvalue weighted by atomic mass is 10.3. The van der Waals surface area contributed by atoms with E-state index in [0.717, 1.165) is 19.4 Å². The van der Waals surface area contributed by atoms with Crippen molar-refractivity contribution in [3.05, 3.63) is 0 Å². The standard InChI is InChI=1S/C12H25N3O3/c1-4-8-18-9-6-7-14-10(3)11(16)15-12(17)13-5-2/h10,14H,4-9H2,1-3H3,(H2,13,15,16,17). The second-order valence-corrected chi connectivity index (χ2v) is 3.99. The summed E-state index contributed by atoms with van der Waals surface area (Å²) in [5.41, 5.74) is 0. The molecular weight excluding hydrogens is 234 g/mol. The largest absolute Gasteiger partial charge is 0.381 e. The molecule has 3 N–H and O–H groups in total. The Labute approximate surface area is 109 Å². The topological polar surface area (TPSA) is 79.5 Å². The van der Waals surface area contributed by atoms with Gasteiger partial charge in [-0.15, -0.1) is 0 Å². The van der Waals surface area contributed by atoms with Crippen LogP contribution < -0.4 is 16.0 Å². The van der Waals surface area contributed by atoms with Crippen molar-refractivity contribution >= 4 is 11.9 Å². The monoisotopic (exact) mass is 259 g/mol. The van der Waals surface area contributed by atoms with Crippen molar-refractivity contribution < 1.29 is 14.3 Å². The van der Waals surface area contributed by atoms with Crippen molar-refractivity contribution in [2.45, 2.75) is 39.7 Å². The Balaban J connectivity index is 3.58. The molecule has 0 radical (unpaired) electrons. The van der Waals surface area contributed by atoms with Crippen LogP contribution in [-0.2, 0) is 9.53 Å². The molecule has 0 aliphatic heterocycles. The van der Waals surface area contributed by atoms with Crippen LogP contribution in [-0.4, -0.2) is 44.3 Å². The molecule has 0 fully saturated rings. The third-order valence-corrected chi connectivity index (χ3v) is 2.23. The Morgan fingerprint density at radius 1 is 1.22 bits per heavy atom. The normalized spacial score (nSPS) is 11.9. The predicted octanol–water partition coefficient (Wildman–Crippen LogP) is 0.627. The Morgan fingerprint density at radius 2 is 1.94 bits per heavy atom. The molecule has 0 aromatic rings. The maximum Gasteiger partial charge on any atom is 0.321 e. The van der Waals surface area contributed by atoms with Crippen LogP contribution in [0.2, 0.25) is 0 Å². The number of hydrogen-bond acceptors (Lipinski definition) is 4. The first kappa shape index (κ1) is 16.9. The Hall–Kier alpha value is -1.14. The average molecular weight is 259 g/mol. The number of ether oxygens (including phenoxy) is 1. The van der Waals surface area contributed by atoms with E-state index in [1.165, 1.54) is 0 Å². The van der Waals surface area contributed by atoms with Gasteiger partial charge in [0, 0.05) is 19.8 Å². The van der Waals surface area contributed by atoms with Crippen molar-refractivity contribution in [3.63, 3.8) is 0 Å². The minimum Gasteiger partial charge on any atom is -0.381 e. The van der Waals surface area contributed by atoms with Crippen LogP contribution in [0.3, 0.4) is 0 Å². The molecule has 0 rings (SSSR count). The van der Waals surface area contributed by atoms with Gasteiger partial charge in [-0.1, -0.05) is 6.92 Å². The van der Waals surface area contributed by atoms with Crippen LogP contribution in [0.5, 0.6) is 0 Å². The van der Waals surface area contributed by atoms with Gasteiger partial charge in [-0.2, -0.15) is 0 Å². The van der Waals surface area contributed by atoms with Gasteiger partial charge in [-0.25, -0.2) is 4.79 Å². The van der Waals surface area contributed by atoms with Crippen molar-refractivity contribution in [2.24, 2.45) is 0 Å². The highest BCUT2D eigenvalue weighted by atomic mass is 16.5. The molecule has 106 valence electrons. The van der Waals surface area contributed by atoms with E-state index in [4.69, 9.17) is 4.74 Å². The van der Waals surface area contributed by atoms with Crippen LogP contribution in [0.25, 0.3) is 0 Å². The molecule has 6 nitrogen and oxygen atoms in total. The summed E-state index contributed by atoms with van der Waals surface area (Å²) < 4.78 is 5.32. The third kappa shape index (κ3) is 8.95. The molecule has 0 aliphatic carbocycles. The molecule has 3 amide bonds. The van der Waals surface area contributed by atoms with Gasteiger partial charge in [-0.3, -0.25) is 10.1 Å². The quantitative estimate of drug-likeness (QED) is 0.531. The Bertz CT molecular complexity index is 247. The number of hydrogen-bond donors (Lipinski definition) is 3. The number of carbonyl (C=O) groups excluding carboxylic acids is 2. The van der Waals surface area contributed by atoms with E-state index < -0.39 is 12.1 Å². The first-order chi connectivity index (χ1) is 8.61. The van der Waals surface area contributed by atoms with Crippen molar-refractivity contribution in [2.75, 3.05) is 26.3 Å².